The molecule has 2 heterocycles. The van der Waals surface area contributed by atoms with E-state index in [2.05, 4.69) is 15.9 Å². The van der Waals surface area contributed by atoms with Crippen molar-refractivity contribution < 1.29 is 19.1 Å². The van der Waals surface area contributed by atoms with Crippen LogP contribution in [-0.2, 0) is 9.59 Å². The van der Waals surface area contributed by atoms with Crippen molar-refractivity contribution in [1.29, 1.82) is 0 Å². The summed E-state index contributed by atoms with van der Waals surface area (Å²) in [6, 6.07) is 7.97. The van der Waals surface area contributed by atoms with Crippen LogP contribution in [-0.4, -0.2) is 28.2 Å². The molecule has 1 aromatic heterocycles. The third-order valence-corrected chi connectivity index (χ3v) is 5.14. The first-order chi connectivity index (χ1) is 12.0. The lowest BCUT2D eigenvalue weighted by molar-refractivity contribution is -0.140. The lowest BCUT2D eigenvalue weighted by Crippen LogP contribution is -2.30. The zero-order chi connectivity index (χ0) is 18.1. The molecular formula is C19H18BrNO4. The number of furan rings is 1. The van der Waals surface area contributed by atoms with Gasteiger partial charge in [0.25, 0.3) is 11.7 Å². The van der Waals surface area contributed by atoms with E-state index in [4.69, 9.17) is 4.42 Å². The van der Waals surface area contributed by atoms with Crippen molar-refractivity contribution in [2.24, 2.45) is 0 Å². The van der Waals surface area contributed by atoms with E-state index in [1.54, 1.807) is 30.3 Å². The van der Waals surface area contributed by atoms with Gasteiger partial charge in [0.05, 0.1) is 11.8 Å². The quantitative estimate of drug-likeness (QED) is 0.472. The monoisotopic (exact) mass is 403 g/mol. The second-order valence-corrected chi connectivity index (χ2v) is 6.83. The van der Waals surface area contributed by atoms with Crippen LogP contribution in [0.3, 0.4) is 0 Å². The topological polar surface area (TPSA) is 70.8 Å². The molecule has 0 bridgehead atoms. The Morgan fingerprint density at radius 3 is 2.68 bits per heavy atom. The first kappa shape index (κ1) is 17.5. The fourth-order valence-corrected chi connectivity index (χ4v) is 3.29. The normalized spacial score (nSPS) is 19.6. The number of aryl methyl sites for hydroxylation is 1. The largest absolute Gasteiger partial charge is 0.507 e. The lowest BCUT2D eigenvalue weighted by Gasteiger charge is -2.22. The maximum Gasteiger partial charge on any atom is 0.295 e. The summed E-state index contributed by atoms with van der Waals surface area (Å²) in [5, 5.41) is 10.8. The fourth-order valence-electron chi connectivity index (χ4n) is 3.04. The zero-order valence-corrected chi connectivity index (χ0v) is 15.5. The highest BCUT2D eigenvalue weighted by Crippen LogP contribution is 2.39. The maximum absolute atomic E-state index is 12.6. The molecule has 1 amide bonds. The van der Waals surface area contributed by atoms with Gasteiger partial charge in [0.1, 0.15) is 17.6 Å². The molecule has 1 saturated heterocycles. The Morgan fingerprint density at radius 1 is 1.32 bits per heavy atom. The van der Waals surface area contributed by atoms with Crippen molar-refractivity contribution in [2.75, 3.05) is 6.54 Å². The third-order valence-electron chi connectivity index (χ3n) is 4.25. The van der Waals surface area contributed by atoms with Crippen LogP contribution in [0.5, 0.6) is 0 Å². The number of aliphatic hydroxyl groups is 1. The van der Waals surface area contributed by atoms with Gasteiger partial charge in [0.2, 0.25) is 0 Å². The van der Waals surface area contributed by atoms with Crippen LogP contribution < -0.4 is 0 Å². The van der Waals surface area contributed by atoms with E-state index in [9.17, 15) is 14.7 Å². The van der Waals surface area contributed by atoms with Crippen molar-refractivity contribution in [3.63, 3.8) is 0 Å². The summed E-state index contributed by atoms with van der Waals surface area (Å²) in [6.07, 6.45) is 2.19. The number of hydrogen-bond donors (Lipinski definition) is 1. The van der Waals surface area contributed by atoms with Gasteiger partial charge < -0.3 is 14.4 Å². The molecule has 1 atom stereocenters. The van der Waals surface area contributed by atoms with Gasteiger partial charge in [-0.25, -0.2) is 0 Å². The summed E-state index contributed by atoms with van der Waals surface area (Å²) in [7, 11) is 0. The Morgan fingerprint density at radius 2 is 2.08 bits per heavy atom. The number of likely N-dealkylation sites (tertiary alicyclic amines) is 1. The van der Waals surface area contributed by atoms with E-state index in [0.29, 0.717) is 24.3 Å². The summed E-state index contributed by atoms with van der Waals surface area (Å²) in [5.74, 6) is -1.02. The van der Waals surface area contributed by atoms with Gasteiger partial charge in [0, 0.05) is 16.6 Å². The molecule has 0 aliphatic carbocycles. The van der Waals surface area contributed by atoms with Gasteiger partial charge in [-0.3, -0.25) is 9.59 Å². The second-order valence-electron chi connectivity index (χ2n) is 5.97. The van der Waals surface area contributed by atoms with Crippen LogP contribution >= 0.6 is 15.9 Å². The number of carbonyl (C=O) groups is 2. The van der Waals surface area contributed by atoms with E-state index in [1.807, 2.05) is 13.8 Å². The van der Waals surface area contributed by atoms with Crippen LogP contribution in [0.25, 0.3) is 5.76 Å². The zero-order valence-electron chi connectivity index (χ0n) is 14.0. The number of Topliss-reactive ketones (excluding diaryl/α,β-unsaturated/α-hetero) is 1. The Bertz CT molecular complexity index is 854. The fraction of sp³-hybridized carbons (Fsp3) is 0.263. The van der Waals surface area contributed by atoms with Gasteiger partial charge in [-0.05, 0) is 43.2 Å². The summed E-state index contributed by atoms with van der Waals surface area (Å²) < 4.78 is 6.35. The van der Waals surface area contributed by atoms with Gasteiger partial charge in [-0.15, -0.1) is 0 Å². The summed E-state index contributed by atoms with van der Waals surface area (Å²) in [6.45, 7) is 4.23. The van der Waals surface area contributed by atoms with Crippen LogP contribution in [0, 0.1) is 6.92 Å². The Balaban J connectivity index is 2.17. The molecule has 3 rings (SSSR count). The summed E-state index contributed by atoms with van der Waals surface area (Å²) in [4.78, 5) is 26.5. The number of nitrogens with zero attached hydrogens (tertiary/aromatic N) is 1. The van der Waals surface area contributed by atoms with Gasteiger partial charge in [-0.2, -0.15) is 0 Å². The molecular weight excluding hydrogens is 386 g/mol. The number of carbonyl (C=O) groups excluding carboxylic acids is 2. The van der Waals surface area contributed by atoms with E-state index in [-0.39, 0.29) is 11.3 Å². The van der Waals surface area contributed by atoms with Crippen molar-refractivity contribution in [2.45, 2.75) is 26.3 Å². The lowest BCUT2D eigenvalue weighted by atomic mass is 9.98. The molecule has 1 aromatic carbocycles. The van der Waals surface area contributed by atoms with E-state index in [1.165, 1.54) is 11.2 Å². The van der Waals surface area contributed by atoms with Crippen LogP contribution in [0.4, 0.5) is 0 Å². The number of hydrogen-bond acceptors (Lipinski definition) is 4. The Labute approximate surface area is 154 Å². The van der Waals surface area contributed by atoms with Crippen LogP contribution in [0.1, 0.15) is 36.3 Å². The molecule has 2 aromatic rings. The average Bonchev–Trinajstić information content (AvgIpc) is 3.19. The van der Waals surface area contributed by atoms with E-state index in [0.717, 1.165) is 10.0 Å². The molecule has 130 valence electrons. The first-order valence-corrected chi connectivity index (χ1v) is 8.83. The summed E-state index contributed by atoms with van der Waals surface area (Å²) in [5.41, 5.74) is 1.48. The molecule has 1 N–H and O–H groups in total. The Kier molecular flexibility index (Phi) is 4.81. The van der Waals surface area contributed by atoms with Crippen molar-refractivity contribution in [1.82, 2.24) is 4.90 Å². The highest BCUT2D eigenvalue weighted by Gasteiger charge is 2.47. The number of ketones is 1. The van der Waals surface area contributed by atoms with E-state index < -0.39 is 17.7 Å². The highest BCUT2D eigenvalue weighted by molar-refractivity contribution is 9.10. The molecule has 1 fully saturated rings. The number of rotatable bonds is 4. The molecule has 0 saturated carbocycles. The van der Waals surface area contributed by atoms with Crippen molar-refractivity contribution >= 4 is 33.4 Å². The Hall–Kier alpha value is -2.34. The predicted octanol–water partition coefficient (Wildman–Crippen LogP) is 4.18. The van der Waals surface area contributed by atoms with Crippen LogP contribution in [0.15, 0.2) is 51.1 Å². The minimum absolute atomic E-state index is 0.0649. The highest BCUT2D eigenvalue weighted by atomic mass is 79.9. The number of halogens is 1. The van der Waals surface area contributed by atoms with Gasteiger partial charge in [0.15, 0.2) is 0 Å². The van der Waals surface area contributed by atoms with Crippen molar-refractivity contribution in [3.8, 4) is 0 Å². The molecule has 5 nitrogen and oxygen atoms in total. The second kappa shape index (κ2) is 6.88. The van der Waals surface area contributed by atoms with Gasteiger partial charge in [-0.1, -0.05) is 28.9 Å². The van der Waals surface area contributed by atoms with Crippen LogP contribution in [0.2, 0.25) is 0 Å². The standard InChI is InChI=1S/C19H18BrNO4/c1-3-8-21-16(14-5-4-9-25-14)15(18(23)19(21)24)17(22)12-6-7-13(20)11(2)10-12/h4-7,9-10,16,22H,3,8H2,1-2H3/b17-15-. The average molecular weight is 404 g/mol. The molecule has 0 radical (unpaired) electrons. The number of benzene rings is 1. The van der Waals surface area contributed by atoms with Crippen molar-refractivity contribution in [3.05, 3.63) is 63.5 Å². The molecule has 0 spiro atoms. The predicted molar refractivity (Wildman–Crippen MR) is 96.9 cm³/mol. The number of aliphatic hydroxyl groups excluding tert-OH is 1. The molecule has 1 unspecified atom stereocenters. The summed E-state index contributed by atoms with van der Waals surface area (Å²) >= 11 is 3.41. The maximum atomic E-state index is 12.6. The smallest absolute Gasteiger partial charge is 0.295 e. The molecule has 1 aliphatic rings. The third kappa shape index (κ3) is 3.02. The molecule has 6 heteroatoms. The SMILES string of the molecule is CCCN1C(=O)C(=O)/C(=C(\O)c2ccc(Br)c(C)c2)C1c1ccco1. The molecule has 1 aliphatic heterocycles. The minimum atomic E-state index is -0.709. The molecule has 25 heavy (non-hydrogen) atoms. The minimum Gasteiger partial charge on any atom is -0.507 e. The number of amides is 1. The van der Waals surface area contributed by atoms with Gasteiger partial charge >= 0.3 is 0 Å². The van der Waals surface area contributed by atoms with E-state index >= 15 is 0 Å². The first-order valence-electron chi connectivity index (χ1n) is 8.04.